The van der Waals surface area contributed by atoms with Gasteiger partial charge in [0, 0.05) is 79.2 Å². The van der Waals surface area contributed by atoms with Crippen LogP contribution in [0, 0.1) is 33.9 Å². The minimum Gasteiger partial charge on any atom is -0.492 e. The maximum atomic E-state index is 14.2. The van der Waals surface area contributed by atoms with Gasteiger partial charge in [-0.2, -0.15) is 11.8 Å². The lowest BCUT2D eigenvalue weighted by Gasteiger charge is -2.27. The fourth-order valence-electron chi connectivity index (χ4n) is 13.9. The number of hydrogen-bond acceptors (Lipinski definition) is 36. The Hall–Kier alpha value is -16.3. The quantitative estimate of drug-likeness (QED) is 0.00880. The number of aliphatic hydroxyl groups is 1. The van der Waals surface area contributed by atoms with Gasteiger partial charge >= 0.3 is 17.9 Å². The van der Waals surface area contributed by atoms with Crippen molar-refractivity contribution in [2.24, 2.45) is 45.9 Å². The van der Waals surface area contributed by atoms with Gasteiger partial charge in [-0.1, -0.05) is 18.2 Å². The number of fused-ring (bicyclic) bond motifs is 4. The monoisotopic (exact) mass is 2230 g/mol. The number of amides is 19. The van der Waals surface area contributed by atoms with E-state index in [2.05, 4.69) is 74.4 Å². The van der Waals surface area contributed by atoms with E-state index >= 15 is 0 Å². The fraction of sp³-hybridized carbons (Fsp3) is 0.471. The zero-order valence-corrected chi connectivity index (χ0v) is 82.7. The van der Waals surface area contributed by atoms with E-state index in [9.17, 15) is 151 Å². The largest absolute Gasteiger partial charge is 0.492 e. The second kappa shape index (κ2) is 61.9. The van der Waals surface area contributed by atoms with Crippen LogP contribution in [0.3, 0.4) is 0 Å². The third kappa shape index (κ3) is 41.7. The fourth-order valence-corrected chi connectivity index (χ4v) is 15.7. The van der Waals surface area contributed by atoms with Crippen LogP contribution in [-0.2, 0) is 92.1 Å². The standard InChI is InChI=1S/C46H62N14O20.C21H29IN6O8.C20H25N5O7S/c47-15-3-1-5-27-43(71)57-31(41(69)51-19-35(49)61)21-79-33-11-7-24(60(77)78)18-26(33)40(68)54-30(10-14-38(65)66)46(74)56-28(6-2-4-16-48)44(72)58-32(42(70)52-20-36(50)62)22-80-34-12-8-23(59(75)76)17-25(34)39(67)53-29(45(73)55-27)9-13-37(63)64;1-10(29)16-21(33)25-14(18(24)30)5-7-36-17-12(8-11(28(34)35)9-13(17)22)19(31)26-15(20(32)27-16)4-2-3-6-23;21-15(26)7-13-20(32)25-14(17(22)29)9-33-8-10-3-1-2-4-11(10)18(30)23-12(19(31)24-13)5-6-16(27)28/h7-8,11-12,17-18,27-32H,1-6,9-10,13-16,19-22,47-48H2,(H2,49,61)(H2,50,62)(H,51,69)(H,52,70)(H,53,67)(H,54,68)(H,55,73)(H,56,74)(H,57,71)(H,58,72)(H,63,64)(H,65,66);8-10,14-16,29H,2-7,23H2,1H3,(H2,24,30)(H,25,33)(H,26,31)(H,27,32);1-4,12-14H,5-9H2,(H2,21,26)(H2,22,29)(H,23,30)(H,24,31)(H,25,32)(H,27,28)/t27-,28-,29+,30+,31?,32?;;/m1../s1. The molecule has 0 saturated heterocycles. The number of nitro benzene ring substituents is 3. The number of thioether (sulfide) groups is 1. The predicted molar refractivity (Wildman–Crippen MR) is 524 cm³/mol. The van der Waals surface area contributed by atoms with E-state index in [1.54, 1.807) is 46.9 Å². The van der Waals surface area contributed by atoms with Gasteiger partial charge in [0.15, 0.2) is 0 Å². The first-order valence-electron chi connectivity index (χ1n) is 45.6. The van der Waals surface area contributed by atoms with E-state index in [0.717, 1.165) is 30.3 Å². The molecule has 3 aliphatic heterocycles. The molecule has 0 bridgehead atoms. The van der Waals surface area contributed by atoms with Crippen LogP contribution in [0.1, 0.15) is 163 Å². The topological polar surface area (TPSA) is 990 Å². The lowest BCUT2D eigenvalue weighted by molar-refractivity contribution is -0.385. The number of nitrogens with zero attached hydrogens (tertiary/aromatic N) is 3. The molecule has 0 saturated carbocycles. The van der Waals surface area contributed by atoms with E-state index in [4.69, 9.17) is 65.2 Å². The number of halogens is 1. The molecule has 0 fully saturated rings. The summed E-state index contributed by atoms with van der Waals surface area (Å²) in [5.74, 6) is -24.2. The molecule has 4 aromatic rings. The van der Waals surface area contributed by atoms with Crippen LogP contribution in [0.4, 0.5) is 17.1 Å². The van der Waals surface area contributed by atoms with Gasteiger partial charge in [-0.3, -0.25) is 136 Å². The SMILES string of the molecule is CC(O)C1NC(=O)C(CCCCN)NC(=O)c2cc([N+](=O)[O-])cc(I)c2OCCC(C(N)=O)NC1=O.NC(=O)CC1NC(=O)C(CCC(=O)O)NC(=O)c2ccccc2CSCC(C(N)=O)NC1=O.NCCCC[C@H]1NC(=O)[C@H](CCC(=O)O)NC(=O)c2cc([N+](=O)[O-])ccc2OCC(C(=O)NCC(N)=O)NC(=O)[C@@H](CCCCN)NC(=O)[C@H](CCC(=O)O)NC(=O)c2cc([N+](=O)[O-])ccc2OCC(C(=O)NCC(N)=O)NC1=O. The number of benzene rings is 4. The Bertz CT molecular complexity index is 5450. The number of nitrogens with two attached hydrogens (primary N) is 8. The average Bonchev–Trinajstić information content (AvgIpc) is 0.807. The van der Waals surface area contributed by atoms with Gasteiger partial charge in [-0.15, -0.1) is 0 Å². The number of nitro groups is 3. The molecule has 13 atom stereocenters. The molecule has 0 aromatic heterocycles. The zero-order valence-electron chi connectivity index (χ0n) is 79.7. The third-order valence-corrected chi connectivity index (χ3v) is 23.6. The highest BCUT2D eigenvalue weighted by Gasteiger charge is 2.40. The molecular formula is C87H116IN25O35S. The summed E-state index contributed by atoms with van der Waals surface area (Å²) in [4.78, 5) is 316. The number of carboxylic acid groups (broad SMARTS) is 3. The van der Waals surface area contributed by atoms with Gasteiger partial charge < -0.3 is 155 Å². The van der Waals surface area contributed by atoms with Gasteiger partial charge in [0.05, 0.1) is 67.3 Å². The molecule has 34 N–H and O–H groups in total. The van der Waals surface area contributed by atoms with Gasteiger partial charge in [0.1, 0.15) is 103 Å². The molecule has 3 heterocycles. The van der Waals surface area contributed by atoms with Crippen LogP contribution >= 0.6 is 34.4 Å². The van der Waals surface area contributed by atoms with Gasteiger partial charge in [0.2, 0.25) is 88.6 Å². The molecular weight excluding hydrogens is 2110 g/mol. The number of primary amides is 5. The average molecular weight is 2230 g/mol. The van der Waals surface area contributed by atoms with Crippen LogP contribution in [0.2, 0.25) is 0 Å². The number of carbonyl (C=O) groups excluding carboxylic acids is 19. The van der Waals surface area contributed by atoms with Gasteiger partial charge in [-0.05, 0) is 150 Å². The summed E-state index contributed by atoms with van der Waals surface area (Å²) in [5.41, 5.74) is 40.7. The smallest absolute Gasteiger partial charge is 0.303 e. The molecule has 149 heavy (non-hydrogen) atoms. The molecule has 0 spiro atoms. The van der Waals surface area contributed by atoms with E-state index < -0.39 is 322 Å². The molecule has 62 heteroatoms. The number of ether oxygens (including phenoxy) is 3. The zero-order chi connectivity index (χ0) is 111. The molecule has 7 rings (SSSR count). The van der Waals surface area contributed by atoms with Crippen molar-refractivity contribution < 1.29 is 155 Å². The lowest BCUT2D eigenvalue weighted by atomic mass is 10.0. The molecule has 4 aromatic carbocycles. The van der Waals surface area contributed by atoms with Crippen molar-refractivity contribution in [3.05, 3.63) is 135 Å². The van der Waals surface area contributed by atoms with Crippen LogP contribution < -0.4 is 135 Å². The molecule has 19 amide bonds. The number of unbranched alkanes of at least 4 members (excludes halogenated alkanes) is 3. The van der Waals surface area contributed by atoms with E-state index in [1.807, 2.05) is 0 Å². The van der Waals surface area contributed by atoms with Gasteiger partial charge in [-0.25, -0.2) is 0 Å². The van der Waals surface area contributed by atoms with E-state index in [1.165, 1.54) is 24.8 Å². The summed E-state index contributed by atoms with van der Waals surface area (Å²) in [6.07, 6.45) is -4.42. The van der Waals surface area contributed by atoms with Crippen molar-refractivity contribution in [2.75, 3.05) is 58.3 Å². The number of aliphatic hydroxyl groups excluding tert-OH is 1. The summed E-state index contributed by atoms with van der Waals surface area (Å²) in [6.45, 7) is -1.99. The second-order valence-electron chi connectivity index (χ2n) is 33.1. The van der Waals surface area contributed by atoms with Crippen LogP contribution in [-0.4, -0.2) is 302 Å². The summed E-state index contributed by atoms with van der Waals surface area (Å²) < 4.78 is 17.5. The maximum absolute atomic E-state index is 14.2. The third-order valence-electron chi connectivity index (χ3n) is 21.7. The van der Waals surface area contributed by atoms with Crippen LogP contribution in [0.15, 0.2) is 72.8 Å². The summed E-state index contributed by atoms with van der Waals surface area (Å²) in [7, 11) is 0. The van der Waals surface area contributed by atoms with Crippen molar-refractivity contribution in [3.8, 4) is 17.2 Å². The Balaban J connectivity index is 0.000000461. The highest BCUT2D eigenvalue weighted by molar-refractivity contribution is 14.1. The number of carbonyl (C=O) groups is 22. The molecule has 3 aliphatic rings. The first-order chi connectivity index (χ1) is 70.4. The minimum atomic E-state index is -1.89. The molecule has 0 radical (unpaired) electrons. The highest BCUT2D eigenvalue weighted by Crippen LogP contribution is 2.33. The molecule has 9 unspecified atom stereocenters. The summed E-state index contributed by atoms with van der Waals surface area (Å²) >= 11 is 3.01. The van der Waals surface area contributed by atoms with Gasteiger partial charge in [0.25, 0.3) is 40.7 Å². The number of carboxylic acids is 3. The molecule has 60 nitrogen and oxygen atoms in total. The molecule has 0 aliphatic carbocycles. The Morgan fingerprint density at radius 2 is 0.779 bits per heavy atom. The first-order valence-corrected chi connectivity index (χ1v) is 47.8. The summed E-state index contributed by atoms with van der Waals surface area (Å²) in [5, 5.41) is 106. The Morgan fingerprint density at radius 1 is 0.423 bits per heavy atom. The Morgan fingerprint density at radius 3 is 1.17 bits per heavy atom. The highest BCUT2D eigenvalue weighted by atomic mass is 127. The van der Waals surface area contributed by atoms with Crippen LogP contribution in [0.25, 0.3) is 0 Å². The number of rotatable bonds is 35. The number of aliphatic carboxylic acids is 3. The Kier molecular flexibility index (Phi) is 51.2. The predicted octanol–water partition coefficient (Wildman–Crippen LogP) is -7.43. The second-order valence-corrected chi connectivity index (χ2v) is 35.3. The van der Waals surface area contributed by atoms with Crippen molar-refractivity contribution in [2.45, 2.75) is 200 Å². The number of non-ortho nitro benzene ring substituents is 3. The maximum Gasteiger partial charge on any atom is 0.303 e. The lowest BCUT2D eigenvalue weighted by Crippen LogP contribution is -2.59. The van der Waals surface area contributed by atoms with Crippen LogP contribution in [0.5, 0.6) is 17.2 Å². The van der Waals surface area contributed by atoms with E-state index in [0.29, 0.717) is 42.8 Å². The van der Waals surface area contributed by atoms with Crippen molar-refractivity contribution in [1.82, 2.24) is 74.4 Å². The van der Waals surface area contributed by atoms with Crippen molar-refractivity contribution >= 4 is 182 Å². The normalized spacial score (nSPS) is 20.8. The number of nitrogens with one attached hydrogen (secondary N) is 14. The first kappa shape index (κ1) is 123. The minimum absolute atomic E-state index is 0.00767. The summed E-state index contributed by atoms with van der Waals surface area (Å²) in [6, 6.07) is -4.87. The number of hydrogen-bond donors (Lipinski definition) is 26. The van der Waals surface area contributed by atoms with Crippen molar-refractivity contribution in [1.29, 1.82) is 0 Å². The van der Waals surface area contributed by atoms with Crippen molar-refractivity contribution in [3.63, 3.8) is 0 Å². The Labute approximate surface area is 862 Å². The van der Waals surface area contributed by atoms with E-state index in [-0.39, 0.29) is 109 Å². The molecule has 812 valence electrons.